The van der Waals surface area contributed by atoms with Crippen LogP contribution >= 0.6 is 11.8 Å². The molecule has 2 rings (SSSR count). The van der Waals surface area contributed by atoms with Gasteiger partial charge in [0.15, 0.2) is 0 Å². The molecule has 2 aromatic rings. The standard InChI is InChI=1S/C17H17N3O2S/c1-23-14-9-7-12(8-10-14)11-15(17(22)20-18)19-16(21)13-5-3-2-4-6-13/h2-11H,18H2,1H3,(H,19,21)(H,20,22)/b15-11+. The Morgan fingerprint density at radius 3 is 2.26 bits per heavy atom. The molecule has 6 heteroatoms. The third-order valence-corrected chi connectivity index (χ3v) is 3.83. The number of thioether (sulfide) groups is 1. The number of rotatable bonds is 5. The van der Waals surface area contributed by atoms with Crippen LogP contribution in [0.1, 0.15) is 15.9 Å². The summed E-state index contributed by atoms with van der Waals surface area (Å²) in [5.74, 6) is 4.25. The van der Waals surface area contributed by atoms with E-state index in [1.54, 1.807) is 42.1 Å². The summed E-state index contributed by atoms with van der Waals surface area (Å²) in [6.45, 7) is 0. The first-order valence-corrected chi connectivity index (χ1v) is 8.09. The van der Waals surface area contributed by atoms with Gasteiger partial charge in [0, 0.05) is 10.5 Å². The molecule has 0 heterocycles. The molecule has 0 fully saturated rings. The number of carbonyl (C=O) groups excluding carboxylic acids is 2. The molecule has 23 heavy (non-hydrogen) atoms. The number of amides is 2. The average Bonchev–Trinajstić information content (AvgIpc) is 2.61. The van der Waals surface area contributed by atoms with Gasteiger partial charge in [0.25, 0.3) is 11.8 Å². The fourth-order valence-corrected chi connectivity index (χ4v) is 2.30. The van der Waals surface area contributed by atoms with Crippen LogP contribution in [-0.4, -0.2) is 18.1 Å². The van der Waals surface area contributed by atoms with Gasteiger partial charge in [-0.25, -0.2) is 5.84 Å². The first-order chi connectivity index (χ1) is 11.1. The lowest BCUT2D eigenvalue weighted by Gasteiger charge is -2.09. The number of nitrogens with two attached hydrogens (primary N) is 1. The van der Waals surface area contributed by atoms with E-state index in [1.165, 1.54) is 0 Å². The third kappa shape index (κ3) is 4.70. The fourth-order valence-electron chi connectivity index (χ4n) is 1.89. The Kier molecular flexibility index (Phi) is 5.96. The van der Waals surface area contributed by atoms with Crippen molar-refractivity contribution in [2.24, 2.45) is 5.84 Å². The highest BCUT2D eigenvalue weighted by Gasteiger charge is 2.13. The number of benzene rings is 2. The van der Waals surface area contributed by atoms with E-state index in [0.29, 0.717) is 5.56 Å². The second-order valence-electron chi connectivity index (χ2n) is 4.62. The highest BCUT2D eigenvalue weighted by atomic mass is 32.2. The molecule has 0 aromatic heterocycles. The molecule has 0 aliphatic carbocycles. The zero-order valence-corrected chi connectivity index (χ0v) is 13.4. The SMILES string of the molecule is CSc1ccc(/C=C(/NC(=O)c2ccccc2)C(=O)NN)cc1. The first-order valence-electron chi connectivity index (χ1n) is 6.87. The van der Waals surface area contributed by atoms with Crippen LogP contribution < -0.4 is 16.6 Å². The molecule has 0 spiro atoms. The molecule has 2 amide bonds. The third-order valence-electron chi connectivity index (χ3n) is 3.09. The minimum atomic E-state index is -0.566. The van der Waals surface area contributed by atoms with Crippen LogP contribution in [-0.2, 0) is 4.79 Å². The lowest BCUT2D eigenvalue weighted by Crippen LogP contribution is -2.38. The van der Waals surface area contributed by atoms with E-state index in [1.807, 2.05) is 42.0 Å². The molecule has 5 nitrogen and oxygen atoms in total. The maximum atomic E-state index is 12.2. The van der Waals surface area contributed by atoms with Gasteiger partial charge in [-0.1, -0.05) is 30.3 Å². The molecule has 0 radical (unpaired) electrons. The Morgan fingerprint density at radius 1 is 1.04 bits per heavy atom. The molecule has 118 valence electrons. The quantitative estimate of drug-likeness (QED) is 0.258. The van der Waals surface area contributed by atoms with Gasteiger partial charge in [-0.3, -0.25) is 15.0 Å². The molecule has 4 N–H and O–H groups in total. The van der Waals surface area contributed by atoms with Crippen molar-refractivity contribution in [1.29, 1.82) is 0 Å². The summed E-state index contributed by atoms with van der Waals surface area (Å²) in [6, 6.07) is 16.3. The molecule has 0 saturated carbocycles. The predicted octanol–water partition coefficient (Wildman–Crippen LogP) is 2.17. The predicted molar refractivity (Wildman–Crippen MR) is 92.4 cm³/mol. The van der Waals surface area contributed by atoms with Crippen LogP contribution in [0.15, 0.2) is 65.2 Å². The summed E-state index contributed by atoms with van der Waals surface area (Å²) >= 11 is 1.63. The second kappa shape index (κ2) is 8.17. The number of nitrogens with one attached hydrogen (secondary N) is 2. The maximum Gasteiger partial charge on any atom is 0.281 e. The normalized spacial score (nSPS) is 11.0. The van der Waals surface area contributed by atoms with Gasteiger partial charge in [-0.05, 0) is 42.2 Å². The van der Waals surface area contributed by atoms with Gasteiger partial charge in [0.1, 0.15) is 5.70 Å². The number of hydrogen-bond acceptors (Lipinski definition) is 4. The second-order valence-corrected chi connectivity index (χ2v) is 5.50. The van der Waals surface area contributed by atoms with Crippen molar-refractivity contribution in [3.8, 4) is 0 Å². The molecule has 2 aromatic carbocycles. The Bertz CT molecular complexity index is 712. The van der Waals surface area contributed by atoms with Crippen LogP contribution in [0.4, 0.5) is 0 Å². The Labute approximate surface area is 138 Å². The number of carbonyl (C=O) groups is 2. The van der Waals surface area contributed by atoms with E-state index in [4.69, 9.17) is 5.84 Å². The molecule has 0 saturated heterocycles. The van der Waals surface area contributed by atoms with Gasteiger partial charge in [-0.2, -0.15) is 0 Å². The minimum Gasteiger partial charge on any atom is -0.317 e. The monoisotopic (exact) mass is 327 g/mol. The number of hydrazine groups is 1. The molecule has 0 aliphatic heterocycles. The van der Waals surface area contributed by atoms with Crippen molar-refractivity contribution >= 4 is 29.7 Å². The van der Waals surface area contributed by atoms with Gasteiger partial charge < -0.3 is 5.32 Å². The Balaban J connectivity index is 2.24. The van der Waals surface area contributed by atoms with E-state index in [0.717, 1.165) is 10.5 Å². The highest BCUT2D eigenvalue weighted by Crippen LogP contribution is 2.16. The lowest BCUT2D eigenvalue weighted by molar-refractivity contribution is -0.117. The molecule has 0 unspecified atom stereocenters. The Morgan fingerprint density at radius 2 is 1.70 bits per heavy atom. The summed E-state index contributed by atoms with van der Waals surface area (Å²) < 4.78 is 0. The van der Waals surface area contributed by atoms with Crippen LogP contribution in [0, 0.1) is 0 Å². The van der Waals surface area contributed by atoms with Crippen LogP contribution in [0.25, 0.3) is 6.08 Å². The zero-order chi connectivity index (χ0) is 16.7. The van der Waals surface area contributed by atoms with Crippen LogP contribution in [0.3, 0.4) is 0 Å². The van der Waals surface area contributed by atoms with E-state index in [2.05, 4.69) is 5.32 Å². The first kappa shape index (κ1) is 16.8. The molecular weight excluding hydrogens is 310 g/mol. The molecule has 0 atom stereocenters. The summed E-state index contributed by atoms with van der Waals surface area (Å²) in [6.07, 6.45) is 3.56. The van der Waals surface area contributed by atoms with E-state index >= 15 is 0 Å². The van der Waals surface area contributed by atoms with Crippen molar-refractivity contribution in [2.45, 2.75) is 4.90 Å². The van der Waals surface area contributed by atoms with Crippen molar-refractivity contribution in [3.63, 3.8) is 0 Å². The summed E-state index contributed by atoms with van der Waals surface area (Å²) in [5, 5.41) is 2.59. The average molecular weight is 327 g/mol. The van der Waals surface area contributed by atoms with Crippen LogP contribution in [0.5, 0.6) is 0 Å². The highest BCUT2D eigenvalue weighted by molar-refractivity contribution is 7.98. The Hall–Kier alpha value is -2.57. The largest absolute Gasteiger partial charge is 0.317 e. The van der Waals surface area contributed by atoms with Gasteiger partial charge in [0.2, 0.25) is 0 Å². The lowest BCUT2D eigenvalue weighted by atomic mass is 10.1. The summed E-state index contributed by atoms with van der Waals surface area (Å²) in [5.41, 5.74) is 3.37. The van der Waals surface area contributed by atoms with E-state index in [-0.39, 0.29) is 11.6 Å². The smallest absolute Gasteiger partial charge is 0.281 e. The molecule has 0 aliphatic rings. The maximum absolute atomic E-state index is 12.2. The topological polar surface area (TPSA) is 84.2 Å². The van der Waals surface area contributed by atoms with Crippen molar-refractivity contribution < 1.29 is 9.59 Å². The van der Waals surface area contributed by atoms with E-state index < -0.39 is 5.91 Å². The van der Waals surface area contributed by atoms with Gasteiger partial charge >= 0.3 is 0 Å². The molecular formula is C17H17N3O2S. The molecule has 0 bridgehead atoms. The van der Waals surface area contributed by atoms with Gasteiger partial charge in [0.05, 0.1) is 0 Å². The van der Waals surface area contributed by atoms with Crippen molar-refractivity contribution in [2.75, 3.05) is 6.26 Å². The minimum absolute atomic E-state index is 0.0817. The van der Waals surface area contributed by atoms with Gasteiger partial charge in [-0.15, -0.1) is 11.8 Å². The fraction of sp³-hybridized carbons (Fsp3) is 0.0588. The van der Waals surface area contributed by atoms with Crippen molar-refractivity contribution in [3.05, 3.63) is 71.4 Å². The number of hydrogen-bond donors (Lipinski definition) is 3. The summed E-state index contributed by atoms with van der Waals surface area (Å²) in [4.78, 5) is 25.2. The zero-order valence-electron chi connectivity index (χ0n) is 12.6. The van der Waals surface area contributed by atoms with E-state index in [9.17, 15) is 9.59 Å². The van der Waals surface area contributed by atoms with Crippen molar-refractivity contribution in [1.82, 2.24) is 10.7 Å². The van der Waals surface area contributed by atoms with Crippen LogP contribution in [0.2, 0.25) is 0 Å². The summed E-state index contributed by atoms with van der Waals surface area (Å²) in [7, 11) is 0.